The Hall–Kier alpha value is -4.05. The largest absolute Gasteiger partial charge is 0.502 e. The lowest BCUT2D eigenvalue weighted by Gasteiger charge is -2.42. The lowest BCUT2D eigenvalue weighted by molar-refractivity contribution is -0.118. The van der Waals surface area contributed by atoms with E-state index in [9.17, 15) is 19.5 Å². The number of likely N-dealkylation sites (tertiary alicyclic amines) is 1. The van der Waals surface area contributed by atoms with Crippen molar-refractivity contribution in [3.63, 3.8) is 0 Å². The van der Waals surface area contributed by atoms with E-state index < -0.39 is 23.0 Å². The summed E-state index contributed by atoms with van der Waals surface area (Å²) < 4.78 is 19.3. The summed E-state index contributed by atoms with van der Waals surface area (Å²) in [5.74, 6) is 0.0730. The molecule has 3 N–H and O–H groups in total. The van der Waals surface area contributed by atoms with Gasteiger partial charge in [0.2, 0.25) is 17.1 Å². The highest BCUT2D eigenvalue weighted by molar-refractivity contribution is 5.75. The molecular formula is C28H29N3O7. The van der Waals surface area contributed by atoms with Crippen molar-refractivity contribution in [2.24, 2.45) is 11.7 Å². The molecule has 1 amide bonds. The molecule has 1 aromatic carbocycles. The van der Waals surface area contributed by atoms with Crippen LogP contribution in [0.3, 0.4) is 0 Å². The number of rotatable bonds is 6. The minimum atomic E-state index is -0.782. The summed E-state index contributed by atoms with van der Waals surface area (Å²) in [6, 6.07) is 11.9. The van der Waals surface area contributed by atoms with E-state index in [1.807, 2.05) is 10.6 Å². The molecule has 10 nitrogen and oxygen atoms in total. The quantitative estimate of drug-likeness (QED) is 0.504. The SMILES string of the molecule is NC(=O)CC(c1ccc2c(c1)OCCO2)c1oc(CN2CC3CC(C2)c2cccc(=O)n2C3)cc(=O)c1O. The summed E-state index contributed by atoms with van der Waals surface area (Å²) in [5, 5.41) is 10.7. The molecule has 3 aliphatic heterocycles. The average molecular weight is 520 g/mol. The highest BCUT2D eigenvalue weighted by Gasteiger charge is 2.35. The molecule has 2 bridgehead atoms. The summed E-state index contributed by atoms with van der Waals surface area (Å²) in [4.78, 5) is 39.4. The van der Waals surface area contributed by atoms with Crippen molar-refractivity contribution in [2.45, 2.75) is 37.8 Å². The van der Waals surface area contributed by atoms with E-state index in [2.05, 4.69) is 4.90 Å². The third kappa shape index (κ3) is 4.56. The molecule has 2 aromatic heterocycles. The minimum Gasteiger partial charge on any atom is -0.502 e. The second-order valence-electron chi connectivity index (χ2n) is 10.3. The van der Waals surface area contributed by atoms with E-state index in [1.54, 1.807) is 30.3 Å². The van der Waals surface area contributed by atoms with Crippen molar-refractivity contribution in [1.82, 2.24) is 9.47 Å². The number of fused-ring (bicyclic) bond motifs is 5. The van der Waals surface area contributed by atoms with Gasteiger partial charge in [-0.25, -0.2) is 0 Å². The Bertz CT molecular complexity index is 1510. The zero-order valence-electron chi connectivity index (χ0n) is 20.8. The second kappa shape index (κ2) is 9.68. The molecule has 10 heteroatoms. The van der Waals surface area contributed by atoms with E-state index in [-0.39, 0.29) is 23.7 Å². The van der Waals surface area contributed by atoms with Crippen LogP contribution in [-0.4, -0.2) is 46.8 Å². The van der Waals surface area contributed by atoms with Crippen LogP contribution in [0, 0.1) is 5.92 Å². The van der Waals surface area contributed by atoms with Gasteiger partial charge in [0.15, 0.2) is 17.3 Å². The number of benzene rings is 1. The predicted octanol–water partition coefficient (Wildman–Crippen LogP) is 1.90. The van der Waals surface area contributed by atoms with Gasteiger partial charge in [-0.1, -0.05) is 12.1 Å². The number of pyridine rings is 1. The van der Waals surface area contributed by atoms with Gasteiger partial charge in [0.25, 0.3) is 5.56 Å². The highest BCUT2D eigenvalue weighted by atomic mass is 16.6. The van der Waals surface area contributed by atoms with Crippen molar-refractivity contribution in [3.05, 3.63) is 85.8 Å². The second-order valence-corrected chi connectivity index (χ2v) is 10.3. The molecule has 3 aromatic rings. The Morgan fingerprint density at radius 3 is 2.68 bits per heavy atom. The maximum atomic E-state index is 12.8. The van der Waals surface area contributed by atoms with Gasteiger partial charge >= 0.3 is 0 Å². The van der Waals surface area contributed by atoms with Gasteiger partial charge in [-0.15, -0.1) is 0 Å². The Kier molecular flexibility index (Phi) is 6.19. The maximum Gasteiger partial charge on any atom is 0.250 e. The van der Waals surface area contributed by atoms with E-state index in [4.69, 9.17) is 19.6 Å². The smallest absolute Gasteiger partial charge is 0.250 e. The highest BCUT2D eigenvalue weighted by Crippen LogP contribution is 2.39. The Morgan fingerprint density at radius 1 is 1.05 bits per heavy atom. The molecule has 0 spiro atoms. The standard InChI is InChI=1S/C28H29N3O7/c29-25(33)11-20(17-4-5-23-24(9-17)37-7-6-36-23)28-27(35)22(32)10-19(38-28)15-30-12-16-8-18(14-30)21-2-1-3-26(34)31(21)13-16/h1-5,9-10,16,18,20,35H,6-8,11-15H2,(H2,29,33). The molecule has 3 aliphatic rings. The van der Waals surface area contributed by atoms with Gasteiger partial charge in [0, 0.05) is 49.8 Å². The number of hydrogen-bond acceptors (Lipinski definition) is 8. The van der Waals surface area contributed by atoms with Gasteiger partial charge in [-0.05, 0) is 36.1 Å². The monoisotopic (exact) mass is 519 g/mol. The molecular weight excluding hydrogens is 490 g/mol. The summed E-state index contributed by atoms with van der Waals surface area (Å²) in [7, 11) is 0. The first-order valence-electron chi connectivity index (χ1n) is 12.8. The molecule has 0 saturated carbocycles. The van der Waals surface area contributed by atoms with Gasteiger partial charge in [0.05, 0.1) is 12.5 Å². The molecule has 6 rings (SSSR count). The molecule has 5 heterocycles. The van der Waals surface area contributed by atoms with Gasteiger partial charge in [-0.2, -0.15) is 0 Å². The minimum absolute atomic E-state index is 0.00270. The van der Waals surface area contributed by atoms with E-state index in [1.165, 1.54) is 6.07 Å². The number of aromatic hydroxyl groups is 1. The molecule has 0 aliphatic carbocycles. The van der Waals surface area contributed by atoms with Crippen molar-refractivity contribution >= 4 is 5.91 Å². The van der Waals surface area contributed by atoms with Crippen LogP contribution in [0.5, 0.6) is 17.2 Å². The van der Waals surface area contributed by atoms with Crippen molar-refractivity contribution < 1.29 is 23.8 Å². The van der Waals surface area contributed by atoms with Crippen LogP contribution in [-0.2, 0) is 17.9 Å². The summed E-state index contributed by atoms with van der Waals surface area (Å²) in [6.07, 6.45) is 0.842. The number of nitrogens with two attached hydrogens (primary N) is 1. The third-order valence-corrected chi connectivity index (χ3v) is 7.63. The van der Waals surface area contributed by atoms with E-state index in [0.717, 1.165) is 18.7 Å². The van der Waals surface area contributed by atoms with E-state index in [0.29, 0.717) is 61.6 Å². The summed E-state index contributed by atoms with van der Waals surface area (Å²) in [6.45, 7) is 3.32. The number of primary amides is 1. The first kappa shape index (κ1) is 24.3. The first-order chi connectivity index (χ1) is 18.4. The van der Waals surface area contributed by atoms with Crippen LogP contribution in [0.2, 0.25) is 0 Å². The molecule has 1 fully saturated rings. The fraction of sp³-hybridized carbons (Fsp3) is 0.393. The number of piperidine rings is 1. The molecule has 38 heavy (non-hydrogen) atoms. The van der Waals surface area contributed by atoms with Gasteiger partial charge in [-0.3, -0.25) is 19.3 Å². The van der Waals surface area contributed by atoms with Gasteiger partial charge in [0.1, 0.15) is 19.0 Å². The number of carbonyl (C=O) groups is 1. The number of hydrogen-bond donors (Lipinski definition) is 2. The Labute approximate surface area is 218 Å². The van der Waals surface area contributed by atoms with Crippen LogP contribution in [0.4, 0.5) is 0 Å². The van der Waals surface area contributed by atoms with Gasteiger partial charge < -0.3 is 29.3 Å². The number of nitrogens with zero attached hydrogens (tertiary/aromatic N) is 2. The lowest BCUT2D eigenvalue weighted by atomic mass is 9.83. The average Bonchev–Trinajstić information content (AvgIpc) is 2.89. The van der Waals surface area contributed by atoms with Crippen molar-refractivity contribution in [3.8, 4) is 17.2 Å². The zero-order chi connectivity index (χ0) is 26.4. The Balaban J connectivity index is 1.31. The molecule has 198 valence electrons. The fourth-order valence-corrected chi connectivity index (χ4v) is 6.05. The molecule has 3 atom stereocenters. The number of amides is 1. The summed E-state index contributed by atoms with van der Waals surface area (Å²) in [5.41, 5.74) is 6.64. The predicted molar refractivity (Wildman–Crippen MR) is 137 cm³/mol. The third-order valence-electron chi connectivity index (χ3n) is 7.63. The van der Waals surface area contributed by atoms with Crippen LogP contribution in [0.1, 0.15) is 47.5 Å². The maximum absolute atomic E-state index is 12.8. The fourth-order valence-electron chi connectivity index (χ4n) is 6.05. The van der Waals surface area contributed by atoms with Crippen LogP contribution in [0.15, 0.2) is 56.5 Å². The van der Waals surface area contributed by atoms with Crippen LogP contribution in [0.25, 0.3) is 0 Å². The molecule has 0 radical (unpaired) electrons. The van der Waals surface area contributed by atoms with E-state index >= 15 is 0 Å². The zero-order valence-corrected chi connectivity index (χ0v) is 20.8. The van der Waals surface area contributed by atoms with Crippen molar-refractivity contribution in [2.75, 3.05) is 26.3 Å². The Morgan fingerprint density at radius 2 is 1.87 bits per heavy atom. The van der Waals surface area contributed by atoms with Crippen LogP contribution >= 0.6 is 0 Å². The number of carbonyl (C=O) groups excluding carboxylic acids is 1. The summed E-state index contributed by atoms with van der Waals surface area (Å²) >= 11 is 0. The number of aromatic nitrogens is 1. The van der Waals surface area contributed by atoms with Crippen molar-refractivity contribution in [1.29, 1.82) is 0 Å². The first-order valence-corrected chi connectivity index (χ1v) is 12.8. The lowest BCUT2D eigenvalue weighted by Crippen LogP contribution is -2.46. The number of ether oxygens (including phenoxy) is 2. The normalized spacial score (nSPS) is 20.9. The molecule has 1 saturated heterocycles. The molecule has 3 unspecified atom stereocenters. The van der Waals surface area contributed by atoms with Crippen LogP contribution < -0.4 is 26.2 Å². The topological polar surface area (TPSA) is 137 Å².